The Morgan fingerprint density at radius 2 is 2.00 bits per heavy atom. The van der Waals surface area contributed by atoms with Gasteiger partial charge in [-0.3, -0.25) is 4.99 Å². The molecule has 2 rings (SSSR count). The van der Waals surface area contributed by atoms with Gasteiger partial charge in [-0.1, -0.05) is 31.2 Å². The maximum Gasteiger partial charge on any atom is 0.191 e. The third kappa shape index (κ3) is 5.02. The molecule has 1 aliphatic heterocycles. The fourth-order valence-corrected chi connectivity index (χ4v) is 2.99. The molecule has 0 amide bonds. The van der Waals surface area contributed by atoms with Crippen LogP contribution in [0.1, 0.15) is 37.3 Å². The number of rotatable bonds is 5. The maximum absolute atomic E-state index is 4.36. The van der Waals surface area contributed by atoms with E-state index in [0.29, 0.717) is 6.04 Å². The SMILES string of the molecule is CCCN1CCC(NC(=NC)NCc2ccccc2C)CC1. The first-order valence-electron chi connectivity index (χ1n) is 8.47. The van der Waals surface area contributed by atoms with E-state index in [4.69, 9.17) is 0 Å². The van der Waals surface area contributed by atoms with Crippen LogP contribution < -0.4 is 10.6 Å². The molecular formula is C18H30N4. The highest BCUT2D eigenvalue weighted by Gasteiger charge is 2.19. The number of nitrogens with one attached hydrogen (secondary N) is 2. The molecule has 1 fully saturated rings. The summed E-state index contributed by atoms with van der Waals surface area (Å²) in [4.78, 5) is 6.92. The molecule has 1 aromatic carbocycles. The zero-order valence-corrected chi connectivity index (χ0v) is 14.2. The Balaban J connectivity index is 1.77. The van der Waals surface area contributed by atoms with Crippen LogP contribution in [-0.4, -0.2) is 43.6 Å². The predicted molar refractivity (Wildman–Crippen MR) is 94.3 cm³/mol. The molecule has 0 saturated carbocycles. The van der Waals surface area contributed by atoms with Gasteiger partial charge in [0.2, 0.25) is 0 Å². The average molecular weight is 302 g/mol. The Bertz CT molecular complexity index is 476. The normalized spacial score (nSPS) is 17.5. The third-order valence-corrected chi connectivity index (χ3v) is 4.40. The van der Waals surface area contributed by atoms with Crippen LogP contribution in [0, 0.1) is 6.92 Å². The van der Waals surface area contributed by atoms with Crippen LogP contribution >= 0.6 is 0 Å². The molecule has 4 nitrogen and oxygen atoms in total. The molecule has 0 unspecified atom stereocenters. The average Bonchev–Trinajstić information content (AvgIpc) is 2.54. The van der Waals surface area contributed by atoms with Crippen molar-refractivity contribution in [2.24, 2.45) is 4.99 Å². The van der Waals surface area contributed by atoms with Gasteiger partial charge in [-0.05, 0) is 43.9 Å². The Morgan fingerprint density at radius 1 is 1.27 bits per heavy atom. The van der Waals surface area contributed by atoms with Gasteiger partial charge < -0.3 is 15.5 Å². The lowest BCUT2D eigenvalue weighted by atomic mass is 10.1. The molecular weight excluding hydrogens is 272 g/mol. The lowest BCUT2D eigenvalue weighted by molar-refractivity contribution is 0.206. The highest BCUT2D eigenvalue weighted by Crippen LogP contribution is 2.11. The second-order valence-corrected chi connectivity index (χ2v) is 6.11. The molecule has 0 radical (unpaired) electrons. The van der Waals surface area contributed by atoms with E-state index in [1.54, 1.807) is 0 Å². The van der Waals surface area contributed by atoms with Crippen molar-refractivity contribution in [3.8, 4) is 0 Å². The number of likely N-dealkylation sites (tertiary alicyclic amines) is 1. The molecule has 0 aliphatic carbocycles. The number of guanidine groups is 1. The van der Waals surface area contributed by atoms with Crippen LogP contribution in [0.15, 0.2) is 29.3 Å². The van der Waals surface area contributed by atoms with Crippen molar-refractivity contribution in [1.29, 1.82) is 0 Å². The van der Waals surface area contributed by atoms with Crippen LogP contribution in [0.25, 0.3) is 0 Å². The lowest BCUT2D eigenvalue weighted by Gasteiger charge is -2.32. The summed E-state index contributed by atoms with van der Waals surface area (Å²) in [6.07, 6.45) is 3.65. The summed E-state index contributed by atoms with van der Waals surface area (Å²) in [6, 6.07) is 9.02. The zero-order valence-electron chi connectivity index (χ0n) is 14.2. The Labute approximate surface area is 135 Å². The summed E-state index contributed by atoms with van der Waals surface area (Å²) >= 11 is 0. The van der Waals surface area contributed by atoms with E-state index in [1.165, 1.54) is 50.0 Å². The van der Waals surface area contributed by atoms with Gasteiger partial charge in [0.1, 0.15) is 0 Å². The topological polar surface area (TPSA) is 39.7 Å². The van der Waals surface area contributed by atoms with E-state index in [9.17, 15) is 0 Å². The van der Waals surface area contributed by atoms with E-state index in [1.807, 2.05) is 7.05 Å². The number of nitrogens with zero attached hydrogens (tertiary/aromatic N) is 2. The Kier molecular flexibility index (Phi) is 6.72. The fraction of sp³-hybridized carbons (Fsp3) is 0.611. The highest BCUT2D eigenvalue weighted by atomic mass is 15.2. The van der Waals surface area contributed by atoms with Crippen molar-refractivity contribution in [2.45, 2.75) is 45.7 Å². The summed E-state index contributed by atoms with van der Waals surface area (Å²) < 4.78 is 0. The van der Waals surface area contributed by atoms with E-state index >= 15 is 0 Å². The molecule has 2 N–H and O–H groups in total. The fourth-order valence-electron chi connectivity index (χ4n) is 2.99. The minimum atomic E-state index is 0.538. The third-order valence-electron chi connectivity index (χ3n) is 4.40. The molecule has 1 aliphatic rings. The first kappa shape index (κ1) is 16.8. The molecule has 4 heteroatoms. The van der Waals surface area contributed by atoms with E-state index in [0.717, 1.165) is 12.5 Å². The van der Waals surface area contributed by atoms with Gasteiger partial charge in [0, 0.05) is 32.7 Å². The minimum Gasteiger partial charge on any atom is -0.354 e. The van der Waals surface area contributed by atoms with Gasteiger partial charge in [0.25, 0.3) is 0 Å². The summed E-state index contributed by atoms with van der Waals surface area (Å²) in [5.41, 5.74) is 2.64. The maximum atomic E-state index is 4.36. The van der Waals surface area contributed by atoms with Crippen LogP contribution in [0.5, 0.6) is 0 Å². The summed E-state index contributed by atoms with van der Waals surface area (Å²) in [5.74, 6) is 0.914. The summed E-state index contributed by atoms with van der Waals surface area (Å²) in [7, 11) is 1.85. The molecule has 1 heterocycles. The van der Waals surface area contributed by atoms with Crippen LogP contribution in [-0.2, 0) is 6.54 Å². The van der Waals surface area contributed by atoms with E-state index in [2.05, 4.69) is 58.6 Å². The summed E-state index contributed by atoms with van der Waals surface area (Å²) in [5, 5.41) is 7.01. The van der Waals surface area contributed by atoms with Gasteiger partial charge in [-0.2, -0.15) is 0 Å². The standard InChI is InChI=1S/C18H30N4/c1-4-11-22-12-9-17(10-13-22)21-18(19-3)20-14-16-8-6-5-7-15(16)2/h5-8,17H,4,9-14H2,1-3H3,(H2,19,20,21). The van der Waals surface area contributed by atoms with Crippen molar-refractivity contribution >= 4 is 5.96 Å². The van der Waals surface area contributed by atoms with Gasteiger partial charge >= 0.3 is 0 Å². The smallest absolute Gasteiger partial charge is 0.191 e. The predicted octanol–water partition coefficient (Wildman–Crippen LogP) is 2.53. The van der Waals surface area contributed by atoms with Crippen molar-refractivity contribution < 1.29 is 0 Å². The van der Waals surface area contributed by atoms with Crippen LogP contribution in [0.4, 0.5) is 0 Å². The minimum absolute atomic E-state index is 0.538. The largest absolute Gasteiger partial charge is 0.354 e. The Morgan fingerprint density at radius 3 is 2.64 bits per heavy atom. The molecule has 1 saturated heterocycles. The van der Waals surface area contributed by atoms with E-state index < -0.39 is 0 Å². The molecule has 0 aromatic heterocycles. The van der Waals surface area contributed by atoms with Gasteiger partial charge in [-0.25, -0.2) is 0 Å². The number of aliphatic imine (C=N–C) groups is 1. The second-order valence-electron chi connectivity index (χ2n) is 6.11. The van der Waals surface area contributed by atoms with Crippen molar-refractivity contribution in [3.05, 3.63) is 35.4 Å². The number of benzene rings is 1. The highest BCUT2D eigenvalue weighted by molar-refractivity contribution is 5.80. The number of aryl methyl sites for hydroxylation is 1. The second kappa shape index (κ2) is 8.79. The van der Waals surface area contributed by atoms with Gasteiger partial charge in [0.15, 0.2) is 5.96 Å². The van der Waals surface area contributed by atoms with Crippen LogP contribution in [0.2, 0.25) is 0 Å². The molecule has 0 atom stereocenters. The summed E-state index contributed by atoms with van der Waals surface area (Å²) in [6.45, 7) is 8.84. The number of hydrogen-bond donors (Lipinski definition) is 2. The van der Waals surface area contributed by atoms with Gasteiger partial charge in [0.05, 0.1) is 0 Å². The number of piperidine rings is 1. The Hall–Kier alpha value is -1.55. The molecule has 0 bridgehead atoms. The van der Waals surface area contributed by atoms with Gasteiger partial charge in [-0.15, -0.1) is 0 Å². The molecule has 0 spiro atoms. The van der Waals surface area contributed by atoms with Crippen LogP contribution in [0.3, 0.4) is 0 Å². The zero-order chi connectivity index (χ0) is 15.8. The number of hydrogen-bond acceptors (Lipinski definition) is 2. The van der Waals surface area contributed by atoms with E-state index in [-0.39, 0.29) is 0 Å². The molecule has 122 valence electrons. The molecule has 1 aromatic rings. The lowest BCUT2D eigenvalue weighted by Crippen LogP contribution is -2.48. The first-order valence-corrected chi connectivity index (χ1v) is 8.47. The van der Waals surface area contributed by atoms with Crippen molar-refractivity contribution in [2.75, 3.05) is 26.7 Å². The quantitative estimate of drug-likeness (QED) is 0.648. The van der Waals surface area contributed by atoms with Crippen molar-refractivity contribution in [3.63, 3.8) is 0 Å². The first-order chi connectivity index (χ1) is 10.7. The molecule has 22 heavy (non-hydrogen) atoms. The monoisotopic (exact) mass is 302 g/mol. The van der Waals surface area contributed by atoms with Crippen molar-refractivity contribution in [1.82, 2.24) is 15.5 Å².